The van der Waals surface area contributed by atoms with Crippen LogP contribution in [0.4, 0.5) is 20.9 Å². The van der Waals surface area contributed by atoms with E-state index in [-0.39, 0.29) is 17.6 Å². The molecule has 1 aromatic heterocycles. The molecule has 3 aromatic rings. The van der Waals surface area contributed by atoms with Crippen LogP contribution >= 0.6 is 11.3 Å². The van der Waals surface area contributed by atoms with Crippen LogP contribution in [0.5, 0.6) is 0 Å². The summed E-state index contributed by atoms with van der Waals surface area (Å²) in [4.78, 5) is 17.1. The first-order valence-corrected chi connectivity index (χ1v) is 10.9. The summed E-state index contributed by atoms with van der Waals surface area (Å²) < 4.78 is 13.8. The zero-order chi connectivity index (χ0) is 20.6. The number of halogens is 1. The Morgan fingerprint density at radius 1 is 1.17 bits per heavy atom. The zero-order valence-corrected chi connectivity index (χ0v) is 17.6. The van der Waals surface area contributed by atoms with Crippen LogP contribution in [0.15, 0.2) is 53.9 Å². The smallest absolute Gasteiger partial charge is 0.227 e. The van der Waals surface area contributed by atoms with Crippen LogP contribution in [0.1, 0.15) is 39.5 Å². The summed E-state index contributed by atoms with van der Waals surface area (Å²) in [6.07, 6.45) is 3.90. The lowest BCUT2D eigenvalue weighted by Gasteiger charge is -2.15. The van der Waals surface area contributed by atoms with Gasteiger partial charge in [-0.15, -0.1) is 11.3 Å². The molecule has 2 N–H and O–H groups in total. The number of rotatable bonds is 9. The maximum absolute atomic E-state index is 13.8. The molecular formula is C23H26FN3OS. The first-order valence-electron chi connectivity index (χ1n) is 9.99. The molecule has 0 aliphatic rings. The van der Waals surface area contributed by atoms with Gasteiger partial charge in [0, 0.05) is 22.5 Å². The summed E-state index contributed by atoms with van der Waals surface area (Å²) in [7, 11) is 0. The van der Waals surface area contributed by atoms with Gasteiger partial charge in [-0.05, 0) is 37.1 Å². The molecular weight excluding hydrogens is 385 g/mol. The summed E-state index contributed by atoms with van der Waals surface area (Å²) in [6, 6.07) is 14.2. The number of para-hydroxylation sites is 1. The number of hydrogen-bond donors (Lipinski definition) is 2. The minimum Gasteiger partial charge on any atom is -0.329 e. The highest BCUT2D eigenvalue weighted by atomic mass is 32.1. The van der Waals surface area contributed by atoms with E-state index in [1.165, 1.54) is 17.4 Å². The highest BCUT2D eigenvalue weighted by Gasteiger charge is 2.16. The van der Waals surface area contributed by atoms with Crippen molar-refractivity contribution < 1.29 is 9.18 Å². The van der Waals surface area contributed by atoms with Gasteiger partial charge in [0.05, 0.1) is 11.4 Å². The monoisotopic (exact) mass is 411 g/mol. The van der Waals surface area contributed by atoms with Crippen LogP contribution in [0.25, 0.3) is 11.3 Å². The lowest BCUT2D eigenvalue weighted by atomic mass is 9.98. The minimum absolute atomic E-state index is 0.0365. The van der Waals surface area contributed by atoms with Crippen LogP contribution in [0, 0.1) is 11.7 Å². The van der Waals surface area contributed by atoms with Crippen molar-refractivity contribution in [3.05, 3.63) is 59.7 Å². The van der Waals surface area contributed by atoms with Crippen molar-refractivity contribution in [2.24, 2.45) is 5.92 Å². The molecule has 0 aliphatic carbocycles. The van der Waals surface area contributed by atoms with E-state index in [0.29, 0.717) is 10.8 Å². The standard InChI is InChI=1S/C23H26FN3OS/c1-3-5-9-16(4-2)22(28)25-18-11-8-10-17(14-18)21-15-29-23(27-21)26-20-13-7-6-12-19(20)24/h6-8,10-16H,3-5,9H2,1-2H3,(H,25,28)(H,26,27). The number of carbonyl (C=O) groups is 1. The van der Waals surface area contributed by atoms with E-state index >= 15 is 0 Å². The molecule has 0 spiro atoms. The average Bonchev–Trinajstić information content (AvgIpc) is 3.19. The van der Waals surface area contributed by atoms with Crippen molar-refractivity contribution in [1.29, 1.82) is 0 Å². The third-order valence-electron chi connectivity index (χ3n) is 4.82. The van der Waals surface area contributed by atoms with Gasteiger partial charge in [0.2, 0.25) is 5.91 Å². The number of thiazole rings is 1. The van der Waals surface area contributed by atoms with E-state index in [9.17, 15) is 9.18 Å². The van der Waals surface area contributed by atoms with Crippen molar-refractivity contribution >= 4 is 33.8 Å². The molecule has 1 amide bonds. The first kappa shape index (κ1) is 21.0. The van der Waals surface area contributed by atoms with Crippen LogP contribution in [-0.2, 0) is 4.79 Å². The van der Waals surface area contributed by atoms with Gasteiger partial charge in [0.15, 0.2) is 5.13 Å². The Morgan fingerprint density at radius 3 is 2.76 bits per heavy atom. The van der Waals surface area contributed by atoms with Gasteiger partial charge >= 0.3 is 0 Å². The maximum atomic E-state index is 13.8. The summed E-state index contributed by atoms with van der Waals surface area (Å²) in [6.45, 7) is 4.19. The third kappa shape index (κ3) is 5.64. The highest BCUT2D eigenvalue weighted by molar-refractivity contribution is 7.14. The number of unbranched alkanes of at least 4 members (excludes halogenated alkanes) is 1. The van der Waals surface area contributed by atoms with Crippen molar-refractivity contribution in [1.82, 2.24) is 4.98 Å². The van der Waals surface area contributed by atoms with E-state index in [2.05, 4.69) is 29.5 Å². The minimum atomic E-state index is -0.317. The fourth-order valence-electron chi connectivity index (χ4n) is 3.11. The van der Waals surface area contributed by atoms with Gasteiger partial charge in [-0.3, -0.25) is 4.79 Å². The fraction of sp³-hybridized carbons (Fsp3) is 0.304. The molecule has 2 aromatic carbocycles. The average molecular weight is 412 g/mol. The Hall–Kier alpha value is -2.73. The number of amides is 1. The van der Waals surface area contributed by atoms with Gasteiger partial charge in [0.25, 0.3) is 0 Å². The van der Waals surface area contributed by atoms with E-state index in [0.717, 1.165) is 42.6 Å². The highest BCUT2D eigenvalue weighted by Crippen LogP contribution is 2.29. The Kier molecular flexibility index (Phi) is 7.36. The van der Waals surface area contributed by atoms with Crippen molar-refractivity contribution in [3.63, 3.8) is 0 Å². The number of hydrogen-bond acceptors (Lipinski definition) is 4. The van der Waals surface area contributed by atoms with E-state index in [1.807, 2.05) is 29.6 Å². The van der Waals surface area contributed by atoms with Crippen molar-refractivity contribution in [3.8, 4) is 11.3 Å². The quantitative estimate of drug-likeness (QED) is 0.405. The predicted octanol–water partition coefficient (Wildman–Crippen LogP) is 6.85. The summed E-state index contributed by atoms with van der Waals surface area (Å²) in [5, 5.41) is 8.58. The Labute approximate surface area is 175 Å². The van der Waals surface area contributed by atoms with E-state index in [4.69, 9.17) is 0 Å². The SMILES string of the molecule is CCCCC(CC)C(=O)Nc1cccc(-c2csc(Nc3ccccc3F)n2)c1. The topological polar surface area (TPSA) is 54.0 Å². The number of nitrogens with one attached hydrogen (secondary N) is 2. The second-order valence-electron chi connectivity index (χ2n) is 6.96. The number of anilines is 3. The Bertz CT molecular complexity index is 957. The number of carbonyl (C=O) groups excluding carboxylic acids is 1. The number of nitrogens with zero attached hydrogens (tertiary/aromatic N) is 1. The molecule has 0 fully saturated rings. The molecule has 29 heavy (non-hydrogen) atoms. The van der Waals surface area contributed by atoms with E-state index in [1.54, 1.807) is 18.2 Å². The molecule has 1 heterocycles. The second kappa shape index (κ2) is 10.2. The van der Waals surface area contributed by atoms with Crippen LogP contribution < -0.4 is 10.6 Å². The van der Waals surface area contributed by atoms with Crippen LogP contribution in [-0.4, -0.2) is 10.9 Å². The maximum Gasteiger partial charge on any atom is 0.227 e. The number of benzene rings is 2. The third-order valence-corrected chi connectivity index (χ3v) is 5.57. The molecule has 1 atom stereocenters. The summed E-state index contributed by atoms with van der Waals surface area (Å²) in [5.41, 5.74) is 2.84. The van der Waals surface area contributed by atoms with Gasteiger partial charge in [-0.2, -0.15) is 0 Å². The molecule has 0 saturated carbocycles. The van der Waals surface area contributed by atoms with Gasteiger partial charge in [-0.1, -0.05) is 51.0 Å². The van der Waals surface area contributed by atoms with Crippen molar-refractivity contribution in [2.75, 3.05) is 10.6 Å². The molecule has 3 rings (SSSR count). The van der Waals surface area contributed by atoms with Crippen LogP contribution in [0.2, 0.25) is 0 Å². The van der Waals surface area contributed by atoms with Gasteiger partial charge in [-0.25, -0.2) is 9.37 Å². The predicted molar refractivity (Wildman–Crippen MR) is 119 cm³/mol. The molecule has 0 saturated heterocycles. The molecule has 0 bridgehead atoms. The van der Waals surface area contributed by atoms with E-state index < -0.39 is 0 Å². The summed E-state index contributed by atoms with van der Waals surface area (Å²) >= 11 is 1.41. The second-order valence-corrected chi connectivity index (χ2v) is 7.82. The molecule has 4 nitrogen and oxygen atoms in total. The largest absolute Gasteiger partial charge is 0.329 e. The lowest BCUT2D eigenvalue weighted by molar-refractivity contribution is -0.120. The fourth-order valence-corrected chi connectivity index (χ4v) is 3.85. The molecule has 152 valence electrons. The molecule has 6 heteroatoms. The summed E-state index contributed by atoms with van der Waals surface area (Å²) in [5.74, 6) is -0.213. The molecule has 0 aliphatic heterocycles. The lowest BCUT2D eigenvalue weighted by Crippen LogP contribution is -2.22. The first-order chi connectivity index (χ1) is 14.1. The molecule has 1 unspecified atom stereocenters. The zero-order valence-electron chi connectivity index (χ0n) is 16.7. The van der Waals surface area contributed by atoms with Crippen LogP contribution in [0.3, 0.4) is 0 Å². The Morgan fingerprint density at radius 2 is 2.00 bits per heavy atom. The van der Waals surface area contributed by atoms with Gasteiger partial charge < -0.3 is 10.6 Å². The molecule has 0 radical (unpaired) electrons. The van der Waals surface area contributed by atoms with Crippen molar-refractivity contribution in [2.45, 2.75) is 39.5 Å². The Balaban J connectivity index is 1.70. The number of aromatic nitrogens is 1. The van der Waals surface area contributed by atoms with Gasteiger partial charge in [0.1, 0.15) is 5.82 Å². The normalized spacial score (nSPS) is 11.8.